The molecule has 1 aromatic rings. The molecule has 0 aliphatic carbocycles. The van der Waals surface area contributed by atoms with Gasteiger partial charge in [0.1, 0.15) is 6.29 Å². The monoisotopic (exact) mass is 165 g/mol. The van der Waals surface area contributed by atoms with E-state index >= 15 is 0 Å². The van der Waals surface area contributed by atoms with Crippen molar-refractivity contribution in [2.24, 2.45) is 0 Å². The van der Waals surface area contributed by atoms with Crippen molar-refractivity contribution in [2.45, 2.75) is 12.3 Å². The van der Waals surface area contributed by atoms with E-state index in [0.29, 0.717) is 6.42 Å². The Morgan fingerprint density at radius 3 is 2.92 bits per heavy atom. The molecule has 3 heteroatoms. The van der Waals surface area contributed by atoms with E-state index in [1.54, 1.807) is 18.3 Å². The first-order valence-electron chi connectivity index (χ1n) is 3.85. The number of aliphatic hydroxyl groups is 1. The molecule has 0 bridgehead atoms. The summed E-state index contributed by atoms with van der Waals surface area (Å²) in [6, 6.07) is 5.41. The first-order valence-corrected chi connectivity index (χ1v) is 3.85. The molecule has 0 aliphatic heterocycles. The summed E-state index contributed by atoms with van der Waals surface area (Å²) in [4.78, 5) is 14.6. The van der Waals surface area contributed by atoms with Crippen molar-refractivity contribution in [1.29, 1.82) is 0 Å². The van der Waals surface area contributed by atoms with Gasteiger partial charge in [-0.25, -0.2) is 0 Å². The van der Waals surface area contributed by atoms with Crippen molar-refractivity contribution < 1.29 is 9.90 Å². The quantitative estimate of drug-likeness (QED) is 0.669. The second-order valence-electron chi connectivity index (χ2n) is 2.51. The van der Waals surface area contributed by atoms with E-state index in [-0.39, 0.29) is 12.5 Å². The van der Waals surface area contributed by atoms with Crippen molar-refractivity contribution in [2.75, 3.05) is 6.61 Å². The highest BCUT2D eigenvalue weighted by Crippen LogP contribution is 2.12. The minimum absolute atomic E-state index is 0.0139. The van der Waals surface area contributed by atoms with Crippen LogP contribution in [0.25, 0.3) is 0 Å². The second kappa shape index (κ2) is 4.62. The highest BCUT2D eigenvalue weighted by molar-refractivity contribution is 5.60. The van der Waals surface area contributed by atoms with Gasteiger partial charge in [-0.05, 0) is 18.6 Å². The third-order valence-electron chi connectivity index (χ3n) is 1.67. The van der Waals surface area contributed by atoms with Gasteiger partial charge in [0.15, 0.2) is 0 Å². The summed E-state index contributed by atoms with van der Waals surface area (Å²) in [5.41, 5.74) is 0.724. The molecule has 0 spiro atoms. The van der Waals surface area contributed by atoms with Crippen LogP contribution in [0.15, 0.2) is 24.4 Å². The fourth-order valence-electron chi connectivity index (χ4n) is 1.02. The van der Waals surface area contributed by atoms with Crippen LogP contribution < -0.4 is 0 Å². The fraction of sp³-hybridized carbons (Fsp3) is 0.333. The van der Waals surface area contributed by atoms with Gasteiger partial charge in [-0.15, -0.1) is 0 Å². The van der Waals surface area contributed by atoms with Crippen LogP contribution in [-0.2, 0) is 4.79 Å². The molecule has 0 aliphatic rings. The molecule has 1 N–H and O–H groups in total. The third-order valence-corrected chi connectivity index (χ3v) is 1.67. The van der Waals surface area contributed by atoms with Gasteiger partial charge in [-0.1, -0.05) is 6.07 Å². The van der Waals surface area contributed by atoms with Crippen LogP contribution in [-0.4, -0.2) is 23.0 Å². The molecule has 1 heterocycles. The average Bonchev–Trinajstić information content (AvgIpc) is 2.15. The fourth-order valence-corrected chi connectivity index (χ4v) is 1.02. The van der Waals surface area contributed by atoms with E-state index in [4.69, 9.17) is 5.11 Å². The lowest BCUT2D eigenvalue weighted by Gasteiger charge is -2.05. The summed E-state index contributed by atoms with van der Waals surface area (Å²) in [7, 11) is 0. The molecular formula is C9H11NO2. The summed E-state index contributed by atoms with van der Waals surface area (Å²) < 4.78 is 0. The summed E-state index contributed by atoms with van der Waals surface area (Å²) in [5, 5.41) is 8.64. The highest BCUT2D eigenvalue weighted by Gasteiger charge is 2.09. The molecule has 0 saturated heterocycles. The van der Waals surface area contributed by atoms with Crippen molar-refractivity contribution in [3.05, 3.63) is 30.1 Å². The summed E-state index contributed by atoms with van der Waals surface area (Å²) >= 11 is 0. The van der Waals surface area contributed by atoms with Gasteiger partial charge in [-0.2, -0.15) is 0 Å². The zero-order valence-electron chi connectivity index (χ0n) is 6.68. The number of carbonyl (C=O) groups excluding carboxylic acids is 1. The smallest absolute Gasteiger partial charge is 0.129 e. The van der Waals surface area contributed by atoms with Crippen LogP contribution >= 0.6 is 0 Å². The Bertz CT molecular complexity index is 236. The summed E-state index contributed by atoms with van der Waals surface area (Å²) in [6.07, 6.45) is 2.91. The third kappa shape index (κ3) is 2.13. The van der Waals surface area contributed by atoms with Crippen LogP contribution in [0.2, 0.25) is 0 Å². The van der Waals surface area contributed by atoms with E-state index in [1.165, 1.54) is 0 Å². The molecule has 1 aromatic heterocycles. The van der Waals surface area contributed by atoms with Crippen LogP contribution in [0.5, 0.6) is 0 Å². The van der Waals surface area contributed by atoms with Crippen LogP contribution in [0.1, 0.15) is 18.0 Å². The molecule has 0 fully saturated rings. The maximum atomic E-state index is 10.5. The molecular weight excluding hydrogens is 154 g/mol. The summed E-state index contributed by atoms with van der Waals surface area (Å²) in [5.74, 6) is -0.267. The Morgan fingerprint density at radius 2 is 2.42 bits per heavy atom. The van der Waals surface area contributed by atoms with Crippen LogP contribution in [0, 0.1) is 0 Å². The van der Waals surface area contributed by atoms with Gasteiger partial charge in [0.05, 0.1) is 11.6 Å². The maximum absolute atomic E-state index is 10.5. The van der Waals surface area contributed by atoms with Gasteiger partial charge >= 0.3 is 0 Å². The number of aromatic nitrogens is 1. The number of carbonyl (C=O) groups is 1. The van der Waals surface area contributed by atoms with E-state index in [9.17, 15) is 4.79 Å². The summed E-state index contributed by atoms with van der Waals surface area (Å²) in [6.45, 7) is 0.0139. The van der Waals surface area contributed by atoms with E-state index in [0.717, 1.165) is 12.0 Å². The molecule has 64 valence electrons. The van der Waals surface area contributed by atoms with Crippen molar-refractivity contribution in [1.82, 2.24) is 4.98 Å². The lowest BCUT2D eigenvalue weighted by Crippen LogP contribution is -2.04. The number of aldehydes is 1. The van der Waals surface area contributed by atoms with E-state index in [1.807, 2.05) is 6.07 Å². The molecule has 1 unspecified atom stereocenters. The number of aliphatic hydroxyl groups excluding tert-OH is 1. The standard InChI is InChI=1S/C9H11NO2/c11-6-4-8(7-12)9-3-1-2-5-10-9/h1-3,5,7-8,11H,4,6H2. The van der Waals surface area contributed by atoms with Crippen molar-refractivity contribution >= 4 is 6.29 Å². The van der Waals surface area contributed by atoms with Crippen molar-refractivity contribution in [3.63, 3.8) is 0 Å². The Balaban J connectivity index is 2.73. The lowest BCUT2D eigenvalue weighted by molar-refractivity contribution is -0.109. The Kier molecular flexibility index (Phi) is 3.41. The van der Waals surface area contributed by atoms with E-state index in [2.05, 4.69) is 4.98 Å². The molecule has 3 nitrogen and oxygen atoms in total. The zero-order chi connectivity index (χ0) is 8.81. The highest BCUT2D eigenvalue weighted by atomic mass is 16.3. The van der Waals surface area contributed by atoms with E-state index < -0.39 is 0 Å². The Labute approximate surface area is 71.1 Å². The molecule has 1 rings (SSSR count). The molecule has 1 atom stereocenters. The predicted molar refractivity (Wildman–Crippen MR) is 44.7 cm³/mol. The Hall–Kier alpha value is -1.22. The number of rotatable bonds is 4. The number of pyridine rings is 1. The first-order chi connectivity index (χ1) is 5.88. The maximum Gasteiger partial charge on any atom is 0.129 e. The largest absolute Gasteiger partial charge is 0.396 e. The topological polar surface area (TPSA) is 50.2 Å². The Morgan fingerprint density at radius 1 is 1.58 bits per heavy atom. The lowest BCUT2D eigenvalue weighted by atomic mass is 10.0. The van der Waals surface area contributed by atoms with Gasteiger partial charge in [0, 0.05) is 12.8 Å². The number of hydrogen-bond donors (Lipinski definition) is 1. The minimum atomic E-state index is -0.267. The molecule has 0 saturated carbocycles. The predicted octanol–water partition coefficient (Wildman–Crippen LogP) is 0.746. The van der Waals surface area contributed by atoms with Crippen LogP contribution in [0.4, 0.5) is 0 Å². The zero-order valence-corrected chi connectivity index (χ0v) is 6.68. The van der Waals surface area contributed by atoms with Gasteiger partial charge < -0.3 is 9.90 Å². The van der Waals surface area contributed by atoms with Gasteiger partial charge in [-0.3, -0.25) is 4.98 Å². The molecule has 0 aromatic carbocycles. The normalized spacial score (nSPS) is 12.4. The number of hydrogen-bond acceptors (Lipinski definition) is 3. The van der Waals surface area contributed by atoms with Gasteiger partial charge in [0.2, 0.25) is 0 Å². The minimum Gasteiger partial charge on any atom is -0.396 e. The second-order valence-corrected chi connectivity index (χ2v) is 2.51. The first kappa shape index (κ1) is 8.87. The average molecular weight is 165 g/mol. The van der Waals surface area contributed by atoms with Crippen molar-refractivity contribution in [3.8, 4) is 0 Å². The molecule has 0 radical (unpaired) electrons. The molecule has 0 amide bonds. The van der Waals surface area contributed by atoms with Crippen LogP contribution in [0.3, 0.4) is 0 Å². The molecule has 12 heavy (non-hydrogen) atoms. The van der Waals surface area contributed by atoms with Gasteiger partial charge in [0.25, 0.3) is 0 Å². The number of nitrogens with zero attached hydrogens (tertiary/aromatic N) is 1. The SMILES string of the molecule is O=CC(CCO)c1ccccn1.